The highest BCUT2D eigenvalue weighted by atomic mass is 16.5. The number of nitrogens with zero attached hydrogens (tertiary/aromatic N) is 2. The minimum Gasteiger partial charge on any atom is -0.497 e. The third-order valence-electron chi connectivity index (χ3n) is 4.92. The highest BCUT2D eigenvalue weighted by molar-refractivity contribution is 5.76. The molecule has 0 spiro atoms. The van der Waals surface area contributed by atoms with E-state index in [-0.39, 0.29) is 5.91 Å². The second-order valence-electron chi connectivity index (χ2n) is 6.96. The first-order chi connectivity index (χ1) is 13.1. The van der Waals surface area contributed by atoms with Crippen LogP contribution in [0.15, 0.2) is 28.8 Å². The third kappa shape index (κ3) is 4.99. The molecule has 27 heavy (non-hydrogen) atoms. The van der Waals surface area contributed by atoms with Crippen LogP contribution in [0.1, 0.15) is 56.7 Å². The summed E-state index contributed by atoms with van der Waals surface area (Å²) < 4.78 is 16.0. The van der Waals surface area contributed by atoms with E-state index in [1.165, 1.54) is 6.42 Å². The normalized spacial score (nSPS) is 15.9. The first kappa shape index (κ1) is 19.2. The van der Waals surface area contributed by atoms with Crippen molar-refractivity contribution in [2.45, 2.75) is 57.4 Å². The average Bonchev–Trinajstić information content (AvgIpc) is 3.13. The lowest BCUT2D eigenvalue weighted by Crippen LogP contribution is -2.48. The van der Waals surface area contributed by atoms with Gasteiger partial charge in [0.1, 0.15) is 17.0 Å². The first-order valence-electron chi connectivity index (χ1n) is 9.50. The summed E-state index contributed by atoms with van der Waals surface area (Å²) in [4.78, 5) is 16.9. The van der Waals surface area contributed by atoms with E-state index in [1.54, 1.807) is 14.0 Å². The molecule has 0 bridgehead atoms. The summed E-state index contributed by atoms with van der Waals surface area (Å²) >= 11 is 0. The highest BCUT2D eigenvalue weighted by Gasteiger charge is 2.39. The van der Waals surface area contributed by atoms with Crippen molar-refractivity contribution in [1.29, 1.82) is 0 Å². The fourth-order valence-electron chi connectivity index (χ4n) is 3.48. The topological polar surface area (TPSA) is 86.5 Å². The summed E-state index contributed by atoms with van der Waals surface area (Å²) in [5, 5.41) is 7.26. The number of ether oxygens (including phenoxy) is 2. The SMILES string of the molecule is COc1ccc(OCCCC(=O)NC2(c3noc(C)n3)CCCCC2)cc1. The largest absolute Gasteiger partial charge is 0.497 e. The van der Waals surface area contributed by atoms with E-state index < -0.39 is 5.54 Å². The molecule has 0 atom stereocenters. The van der Waals surface area contributed by atoms with Gasteiger partial charge >= 0.3 is 0 Å². The number of carbonyl (C=O) groups excluding carboxylic acids is 1. The zero-order chi connectivity index (χ0) is 19.1. The van der Waals surface area contributed by atoms with Crippen LogP contribution >= 0.6 is 0 Å². The zero-order valence-electron chi connectivity index (χ0n) is 16.0. The number of nitrogens with one attached hydrogen (secondary N) is 1. The van der Waals surface area contributed by atoms with Crippen molar-refractivity contribution >= 4 is 5.91 Å². The van der Waals surface area contributed by atoms with Crippen molar-refractivity contribution in [3.8, 4) is 11.5 Å². The van der Waals surface area contributed by atoms with Crippen molar-refractivity contribution in [2.24, 2.45) is 0 Å². The molecule has 1 aromatic carbocycles. The second kappa shape index (κ2) is 8.88. The lowest BCUT2D eigenvalue weighted by atomic mass is 9.81. The van der Waals surface area contributed by atoms with Gasteiger partial charge in [0.2, 0.25) is 11.8 Å². The van der Waals surface area contributed by atoms with Gasteiger partial charge in [0, 0.05) is 13.3 Å². The summed E-state index contributed by atoms with van der Waals surface area (Å²) in [6.07, 6.45) is 6.00. The van der Waals surface area contributed by atoms with Crippen LogP contribution in [0.4, 0.5) is 0 Å². The maximum Gasteiger partial charge on any atom is 0.223 e. The molecule has 1 amide bonds. The fraction of sp³-hybridized carbons (Fsp3) is 0.550. The molecule has 2 aromatic rings. The van der Waals surface area contributed by atoms with E-state index >= 15 is 0 Å². The van der Waals surface area contributed by atoms with Gasteiger partial charge in [-0.15, -0.1) is 0 Å². The van der Waals surface area contributed by atoms with Crippen LogP contribution in [-0.2, 0) is 10.3 Å². The van der Waals surface area contributed by atoms with Crippen molar-refractivity contribution in [2.75, 3.05) is 13.7 Å². The third-order valence-corrected chi connectivity index (χ3v) is 4.92. The molecule has 0 radical (unpaired) electrons. The summed E-state index contributed by atoms with van der Waals surface area (Å²) in [5.41, 5.74) is -0.496. The molecular formula is C20H27N3O4. The molecule has 1 fully saturated rings. The number of rotatable bonds is 8. The maximum atomic E-state index is 12.5. The number of carbonyl (C=O) groups is 1. The maximum absolute atomic E-state index is 12.5. The number of aryl methyl sites for hydroxylation is 1. The molecule has 7 heteroatoms. The number of amides is 1. The molecule has 7 nitrogen and oxygen atoms in total. The van der Waals surface area contributed by atoms with Crippen LogP contribution in [0, 0.1) is 6.92 Å². The Morgan fingerprint density at radius 3 is 2.52 bits per heavy atom. The van der Waals surface area contributed by atoms with Gasteiger partial charge in [-0.05, 0) is 43.5 Å². The molecule has 3 rings (SSSR count). The Kier molecular flexibility index (Phi) is 6.32. The second-order valence-corrected chi connectivity index (χ2v) is 6.96. The van der Waals surface area contributed by atoms with Crippen molar-refractivity contribution in [1.82, 2.24) is 15.5 Å². The van der Waals surface area contributed by atoms with Crippen LogP contribution < -0.4 is 14.8 Å². The Morgan fingerprint density at radius 1 is 1.19 bits per heavy atom. The van der Waals surface area contributed by atoms with E-state index in [0.29, 0.717) is 31.2 Å². The molecule has 0 saturated heterocycles. The Bertz CT molecular complexity index is 736. The summed E-state index contributed by atoms with van der Waals surface area (Å²) in [7, 11) is 1.63. The molecule has 1 heterocycles. The minimum atomic E-state index is -0.496. The molecule has 1 aromatic heterocycles. The average molecular weight is 373 g/mol. The van der Waals surface area contributed by atoms with Crippen molar-refractivity contribution < 1.29 is 18.8 Å². The Morgan fingerprint density at radius 2 is 1.89 bits per heavy atom. The minimum absolute atomic E-state index is 0.00214. The molecule has 1 aliphatic rings. The van der Waals surface area contributed by atoms with E-state index in [4.69, 9.17) is 14.0 Å². The van der Waals surface area contributed by atoms with Crippen LogP contribution in [0.3, 0.4) is 0 Å². The quantitative estimate of drug-likeness (QED) is 0.713. The molecule has 0 aliphatic heterocycles. The number of methoxy groups -OCH3 is 1. The van der Waals surface area contributed by atoms with Gasteiger partial charge in [-0.1, -0.05) is 24.4 Å². The van der Waals surface area contributed by atoms with Crippen LogP contribution in [0.25, 0.3) is 0 Å². The Hall–Kier alpha value is -2.57. The summed E-state index contributed by atoms with van der Waals surface area (Å²) in [6.45, 7) is 2.25. The molecular weight excluding hydrogens is 346 g/mol. The zero-order valence-corrected chi connectivity index (χ0v) is 16.0. The standard InChI is InChI=1S/C20H27N3O4/c1-15-21-19(23-27-15)20(12-4-3-5-13-20)22-18(24)7-6-14-26-17-10-8-16(25-2)9-11-17/h8-11H,3-7,12-14H2,1-2H3,(H,22,24). The van der Waals surface area contributed by atoms with Gasteiger partial charge < -0.3 is 19.3 Å². The fourth-order valence-corrected chi connectivity index (χ4v) is 3.48. The lowest BCUT2D eigenvalue weighted by molar-refractivity contribution is -0.124. The molecule has 1 aliphatic carbocycles. The summed E-state index contributed by atoms with van der Waals surface area (Å²) in [5.74, 6) is 2.68. The van der Waals surface area contributed by atoms with E-state index in [9.17, 15) is 4.79 Å². The van der Waals surface area contributed by atoms with Gasteiger partial charge in [-0.2, -0.15) is 4.98 Å². The van der Waals surface area contributed by atoms with E-state index in [2.05, 4.69) is 15.5 Å². The molecule has 1 saturated carbocycles. The van der Waals surface area contributed by atoms with Crippen LogP contribution in [0.2, 0.25) is 0 Å². The molecule has 1 N–H and O–H groups in total. The summed E-state index contributed by atoms with van der Waals surface area (Å²) in [6, 6.07) is 7.41. The predicted molar refractivity (Wildman–Crippen MR) is 99.7 cm³/mol. The highest BCUT2D eigenvalue weighted by Crippen LogP contribution is 2.35. The van der Waals surface area contributed by atoms with E-state index in [0.717, 1.165) is 37.2 Å². The van der Waals surface area contributed by atoms with Gasteiger partial charge in [0.15, 0.2) is 5.82 Å². The monoisotopic (exact) mass is 373 g/mol. The lowest BCUT2D eigenvalue weighted by Gasteiger charge is -2.35. The number of benzene rings is 1. The van der Waals surface area contributed by atoms with Crippen molar-refractivity contribution in [3.05, 3.63) is 36.0 Å². The smallest absolute Gasteiger partial charge is 0.223 e. The van der Waals surface area contributed by atoms with Crippen LogP contribution in [0.5, 0.6) is 11.5 Å². The number of hydrogen-bond acceptors (Lipinski definition) is 6. The van der Waals surface area contributed by atoms with Crippen molar-refractivity contribution in [3.63, 3.8) is 0 Å². The first-order valence-corrected chi connectivity index (χ1v) is 9.50. The molecule has 0 unspecified atom stereocenters. The predicted octanol–water partition coefficient (Wildman–Crippen LogP) is 3.52. The number of hydrogen-bond donors (Lipinski definition) is 1. The Labute approximate surface area is 159 Å². The van der Waals surface area contributed by atoms with Gasteiger partial charge in [0.05, 0.1) is 13.7 Å². The van der Waals surface area contributed by atoms with Gasteiger partial charge in [-0.25, -0.2) is 0 Å². The Balaban J connectivity index is 1.49. The molecule has 146 valence electrons. The van der Waals surface area contributed by atoms with Gasteiger partial charge in [0.25, 0.3) is 0 Å². The van der Waals surface area contributed by atoms with E-state index in [1.807, 2.05) is 24.3 Å². The number of aromatic nitrogens is 2. The van der Waals surface area contributed by atoms with Crippen LogP contribution in [-0.4, -0.2) is 29.8 Å². The van der Waals surface area contributed by atoms with Gasteiger partial charge in [-0.3, -0.25) is 4.79 Å².